The highest BCUT2D eigenvalue weighted by molar-refractivity contribution is 5.86. The first kappa shape index (κ1) is 26.0. The van der Waals surface area contributed by atoms with Crippen LogP contribution in [0.15, 0.2) is 42.5 Å². The minimum Gasteiger partial charge on any atom is -0.550 e. The van der Waals surface area contributed by atoms with E-state index in [0.29, 0.717) is 25.7 Å². The zero-order chi connectivity index (χ0) is 23.6. The molecule has 1 saturated heterocycles. The highest BCUT2D eigenvalue weighted by Gasteiger charge is 2.52. The first-order chi connectivity index (χ1) is 15.2. The monoisotopic (exact) mass is 450 g/mol. The molecule has 1 aliphatic rings. The number of nitrogens with zero attached hydrogens (tertiary/aromatic N) is 1. The van der Waals surface area contributed by atoms with Gasteiger partial charge in [0.15, 0.2) is 0 Å². The standard InChI is InChI=1S/C25H35F2NO4/c1-19(10-9-13-20-11-5-4-6-12-20)22(29)16-15-21-18-25(26,27)24(32)28(21)17-8-3-2-7-14-23(30)31/h4-6,11-12,15-16,19,21-22,29H,2-3,7-10,13-14,17-18H2,1H3,(H,30,31)/p-1/b16-15+/t19?,21-,22+/m0/s1. The molecule has 0 spiro atoms. The Morgan fingerprint density at radius 1 is 1.22 bits per heavy atom. The van der Waals surface area contributed by atoms with Crippen LogP contribution in [0.1, 0.15) is 63.9 Å². The number of aliphatic hydroxyl groups excluding tert-OH is 1. The van der Waals surface area contributed by atoms with Crippen molar-refractivity contribution in [1.29, 1.82) is 0 Å². The van der Waals surface area contributed by atoms with Gasteiger partial charge in [0.05, 0.1) is 12.1 Å². The Balaban J connectivity index is 1.81. The number of aliphatic hydroxyl groups is 1. The minimum atomic E-state index is -3.39. The Kier molecular flexibility index (Phi) is 10.3. The van der Waals surface area contributed by atoms with Crippen molar-refractivity contribution in [1.82, 2.24) is 4.90 Å². The van der Waals surface area contributed by atoms with Crippen LogP contribution in [0.3, 0.4) is 0 Å². The number of likely N-dealkylation sites (tertiary alicyclic amines) is 1. The number of carbonyl (C=O) groups is 2. The third-order valence-electron chi connectivity index (χ3n) is 6.05. The van der Waals surface area contributed by atoms with Gasteiger partial charge in [-0.2, -0.15) is 8.78 Å². The first-order valence-corrected chi connectivity index (χ1v) is 11.5. The van der Waals surface area contributed by atoms with E-state index in [-0.39, 0.29) is 18.9 Å². The maximum absolute atomic E-state index is 14.0. The molecule has 1 aliphatic heterocycles. The summed E-state index contributed by atoms with van der Waals surface area (Å²) in [6.07, 6.45) is 6.65. The molecule has 0 aliphatic carbocycles. The Labute approximate surface area is 189 Å². The molecule has 0 radical (unpaired) electrons. The fourth-order valence-corrected chi connectivity index (χ4v) is 4.04. The summed E-state index contributed by atoms with van der Waals surface area (Å²) in [5, 5.41) is 20.9. The van der Waals surface area contributed by atoms with E-state index in [1.54, 1.807) is 6.08 Å². The van der Waals surface area contributed by atoms with Gasteiger partial charge in [0.1, 0.15) is 0 Å². The molecule has 0 bridgehead atoms. The van der Waals surface area contributed by atoms with Crippen LogP contribution in [0.5, 0.6) is 0 Å². The van der Waals surface area contributed by atoms with E-state index in [4.69, 9.17) is 0 Å². The first-order valence-electron chi connectivity index (χ1n) is 11.5. The molecule has 2 rings (SSSR count). The number of aryl methyl sites for hydroxylation is 1. The molecule has 32 heavy (non-hydrogen) atoms. The molecule has 0 saturated carbocycles. The van der Waals surface area contributed by atoms with Crippen molar-refractivity contribution in [2.45, 2.75) is 82.8 Å². The molecule has 5 nitrogen and oxygen atoms in total. The van der Waals surface area contributed by atoms with E-state index < -0.39 is 36.4 Å². The summed E-state index contributed by atoms with van der Waals surface area (Å²) in [5.74, 6) is -5.69. The summed E-state index contributed by atoms with van der Waals surface area (Å²) < 4.78 is 28.0. The number of carbonyl (C=O) groups excluding carboxylic acids is 2. The number of amides is 1. The lowest BCUT2D eigenvalue weighted by molar-refractivity contribution is -0.305. The second-order valence-corrected chi connectivity index (χ2v) is 8.74. The summed E-state index contributed by atoms with van der Waals surface area (Å²) in [6, 6.07) is 9.35. The Hall–Kier alpha value is -2.28. The van der Waals surface area contributed by atoms with Crippen molar-refractivity contribution in [2.75, 3.05) is 6.54 Å². The maximum Gasteiger partial charge on any atom is 0.327 e. The van der Waals surface area contributed by atoms with Crippen LogP contribution < -0.4 is 5.11 Å². The van der Waals surface area contributed by atoms with Gasteiger partial charge >= 0.3 is 5.92 Å². The van der Waals surface area contributed by atoms with Crippen molar-refractivity contribution in [3.05, 3.63) is 48.0 Å². The summed E-state index contributed by atoms with van der Waals surface area (Å²) in [4.78, 5) is 23.7. The van der Waals surface area contributed by atoms with Crippen molar-refractivity contribution in [2.24, 2.45) is 5.92 Å². The number of halogens is 2. The number of alkyl halides is 2. The summed E-state index contributed by atoms with van der Waals surface area (Å²) in [7, 11) is 0. The van der Waals surface area contributed by atoms with E-state index in [9.17, 15) is 28.6 Å². The molecule has 1 amide bonds. The number of carboxylic acid groups (broad SMARTS) is 1. The van der Waals surface area contributed by atoms with Crippen LogP contribution in [0, 0.1) is 5.92 Å². The number of rotatable bonds is 14. The Morgan fingerprint density at radius 2 is 1.91 bits per heavy atom. The van der Waals surface area contributed by atoms with Crippen molar-refractivity contribution in [3.63, 3.8) is 0 Å². The number of hydrogen-bond acceptors (Lipinski definition) is 4. The summed E-state index contributed by atoms with van der Waals surface area (Å²) >= 11 is 0. The highest BCUT2D eigenvalue weighted by atomic mass is 19.3. The molecular formula is C25H34F2NO4-. The highest BCUT2D eigenvalue weighted by Crippen LogP contribution is 2.34. The minimum absolute atomic E-state index is 0.0203. The molecular weight excluding hydrogens is 416 g/mol. The average molecular weight is 451 g/mol. The zero-order valence-electron chi connectivity index (χ0n) is 18.7. The quantitative estimate of drug-likeness (QED) is 0.348. The lowest BCUT2D eigenvalue weighted by Crippen LogP contribution is -2.36. The van der Waals surface area contributed by atoms with Crippen molar-refractivity contribution < 1.29 is 28.6 Å². The Bertz CT molecular complexity index is 754. The molecule has 1 aromatic carbocycles. The lowest BCUT2D eigenvalue weighted by Gasteiger charge is -2.22. The third kappa shape index (κ3) is 8.34. The predicted molar refractivity (Wildman–Crippen MR) is 117 cm³/mol. The van der Waals surface area contributed by atoms with Crippen LogP contribution in [-0.2, 0) is 16.0 Å². The fourth-order valence-electron chi connectivity index (χ4n) is 4.04. The normalized spacial score (nSPS) is 20.1. The molecule has 1 unspecified atom stereocenters. The van der Waals surface area contributed by atoms with Gasteiger partial charge < -0.3 is 19.9 Å². The number of hydrogen-bond donors (Lipinski definition) is 1. The number of carboxylic acids is 1. The number of benzene rings is 1. The van der Waals surface area contributed by atoms with E-state index in [1.807, 2.05) is 25.1 Å². The largest absolute Gasteiger partial charge is 0.550 e. The van der Waals surface area contributed by atoms with Gasteiger partial charge in [-0.05, 0) is 50.0 Å². The average Bonchev–Trinajstić information content (AvgIpc) is 2.97. The molecule has 178 valence electrons. The fraction of sp³-hybridized carbons (Fsp3) is 0.600. The number of unbranched alkanes of at least 4 members (excludes halogenated alkanes) is 3. The molecule has 3 atom stereocenters. The molecule has 7 heteroatoms. The Morgan fingerprint density at radius 3 is 2.59 bits per heavy atom. The molecule has 1 fully saturated rings. The number of aliphatic carboxylic acids is 1. The van der Waals surface area contributed by atoms with Gasteiger partial charge in [0.2, 0.25) is 0 Å². The van der Waals surface area contributed by atoms with Crippen molar-refractivity contribution >= 4 is 11.9 Å². The van der Waals surface area contributed by atoms with E-state index >= 15 is 0 Å². The molecule has 1 heterocycles. The molecule has 0 aromatic heterocycles. The van der Waals surface area contributed by atoms with Gasteiger partial charge in [-0.3, -0.25) is 4.79 Å². The van der Waals surface area contributed by atoms with Gasteiger partial charge in [0.25, 0.3) is 5.91 Å². The smallest absolute Gasteiger partial charge is 0.327 e. The second-order valence-electron chi connectivity index (χ2n) is 8.74. The van der Waals surface area contributed by atoms with Crippen molar-refractivity contribution in [3.8, 4) is 0 Å². The van der Waals surface area contributed by atoms with Gasteiger partial charge in [-0.1, -0.05) is 62.2 Å². The van der Waals surface area contributed by atoms with Crippen LogP contribution in [0.2, 0.25) is 0 Å². The van der Waals surface area contributed by atoms with Gasteiger partial charge in [-0.25, -0.2) is 0 Å². The van der Waals surface area contributed by atoms with Crippen LogP contribution in [0.4, 0.5) is 8.78 Å². The molecule has 1 aromatic rings. The lowest BCUT2D eigenvalue weighted by atomic mass is 9.95. The zero-order valence-corrected chi connectivity index (χ0v) is 18.7. The van der Waals surface area contributed by atoms with E-state index in [0.717, 1.165) is 19.3 Å². The molecule has 1 N–H and O–H groups in total. The predicted octanol–water partition coefficient (Wildman–Crippen LogP) is 3.50. The van der Waals surface area contributed by atoms with Gasteiger partial charge in [0, 0.05) is 18.9 Å². The topological polar surface area (TPSA) is 80.7 Å². The van der Waals surface area contributed by atoms with Crippen LogP contribution >= 0.6 is 0 Å². The summed E-state index contributed by atoms with van der Waals surface area (Å²) in [5.41, 5.74) is 1.24. The van der Waals surface area contributed by atoms with E-state index in [1.165, 1.54) is 16.5 Å². The summed E-state index contributed by atoms with van der Waals surface area (Å²) in [6.45, 7) is 2.12. The third-order valence-corrected chi connectivity index (χ3v) is 6.05. The van der Waals surface area contributed by atoms with Crippen LogP contribution in [-0.4, -0.2) is 46.5 Å². The van der Waals surface area contributed by atoms with Crippen LogP contribution in [0.25, 0.3) is 0 Å². The second kappa shape index (κ2) is 12.7. The SMILES string of the molecule is CC(CCCc1ccccc1)[C@H](O)/C=C/[C@H]1CC(F)(F)C(=O)N1CCCCCCC(=O)[O-]. The maximum atomic E-state index is 14.0. The van der Waals surface area contributed by atoms with E-state index in [2.05, 4.69) is 12.1 Å². The van der Waals surface area contributed by atoms with Gasteiger partial charge in [-0.15, -0.1) is 0 Å².